The van der Waals surface area contributed by atoms with Crippen molar-refractivity contribution in [2.45, 2.75) is 13.5 Å². The molecule has 0 fully saturated rings. The number of rotatable bonds is 6. The van der Waals surface area contributed by atoms with Crippen molar-refractivity contribution in [2.75, 3.05) is 6.61 Å². The Morgan fingerprint density at radius 1 is 1.13 bits per heavy atom. The first-order chi connectivity index (χ1) is 11.0. The van der Waals surface area contributed by atoms with Gasteiger partial charge in [-0.3, -0.25) is 14.9 Å². The average Bonchev–Trinajstić information content (AvgIpc) is 3.05. The molecule has 120 valence electrons. The molecule has 1 heterocycles. The van der Waals surface area contributed by atoms with Gasteiger partial charge in [0.2, 0.25) is 0 Å². The first-order valence-corrected chi connectivity index (χ1v) is 6.88. The van der Waals surface area contributed by atoms with Crippen LogP contribution < -0.4 is 15.4 Å². The van der Waals surface area contributed by atoms with E-state index in [1.807, 2.05) is 0 Å². The quantitative estimate of drug-likeness (QED) is 0.793. The van der Waals surface area contributed by atoms with Crippen molar-refractivity contribution in [3.8, 4) is 5.75 Å². The van der Waals surface area contributed by atoms with E-state index in [-0.39, 0.29) is 18.9 Å². The summed E-state index contributed by atoms with van der Waals surface area (Å²) in [5, 5.41) is 4.61. The predicted molar refractivity (Wildman–Crippen MR) is 81.0 cm³/mol. The molecular weight excluding hydrogens is 300 g/mol. The number of benzene rings is 1. The van der Waals surface area contributed by atoms with Crippen molar-refractivity contribution < 1.29 is 23.5 Å². The van der Waals surface area contributed by atoms with Crippen LogP contribution in [0, 0.1) is 0 Å². The molecule has 0 unspecified atom stereocenters. The van der Waals surface area contributed by atoms with Crippen molar-refractivity contribution in [1.82, 2.24) is 10.6 Å². The summed E-state index contributed by atoms with van der Waals surface area (Å²) in [6.07, 6.45) is 1.49. The average molecular weight is 316 g/mol. The summed E-state index contributed by atoms with van der Waals surface area (Å²) in [7, 11) is 0. The fourth-order valence-electron chi connectivity index (χ4n) is 1.72. The number of ketones is 1. The van der Waals surface area contributed by atoms with E-state index < -0.39 is 11.9 Å². The molecule has 2 aromatic rings. The molecule has 0 aliphatic carbocycles. The lowest BCUT2D eigenvalue weighted by molar-refractivity contribution is -0.122. The molecule has 0 bridgehead atoms. The number of imide groups is 1. The summed E-state index contributed by atoms with van der Waals surface area (Å²) in [5.74, 6) is 0.371. The minimum atomic E-state index is -0.637. The molecule has 1 aromatic heterocycles. The van der Waals surface area contributed by atoms with Gasteiger partial charge in [0.25, 0.3) is 5.91 Å². The highest BCUT2D eigenvalue weighted by Gasteiger charge is 2.09. The highest BCUT2D eigenvalue weighted by molar-refractivity contribution is 5.95. The van der Waals surface area contributed by atoms with Crippen molar-refractivity contribution in [3.63, 3.8) is 0 Å². The molecule has 0 spiro atoms. The second-order valence-corrected chi connectivity index (χ2v) is 4.68. The van der Waals surface area contributed by atoms with E-state index in [9.17, 15) is 14.4 Å². The van der Waals surface area contributed by atoms with Crippen molar-refractivity contribution in [2.24, 2.45) is 0 Å². The fraction of sp³-hybridized carbons (Fsp3) is 0.188. The molecule has 0 atom stereocenters. The van der Waals surface area contributed by atoms with Gasteiger partial charge in [-0.15, -0.1) is 0 Å². The lowest BCUT2D eigenvalue weighted by atomic mass is 10.1. The Balaban J connectivity index is 1.71. The predicted octanol–water partition coefficient (Wildman–Crippen LogP) is 1.89. The second kappa shape index (κ2) is 7.79. The van der Waals surface area contributed by atoms with Gasteiger partial charge >= 0.3 is 6.03 Å². The van der Waals surface area contributed by atoms with Gasteiger partial charge in [-0.05, 0) is 43.3 Å². The molecule has 0 radical (unpaired) electrons. The lowest BCUT2D eigenvalue weighted by Crippen LogP contribution is -2.41. The largest absolute Gasteiger partial charge is 0.484 e. The van der Waals surface area contributed by atoms with E-state index in [1.165, 1.54) is 13.2 Å². The zero-order chi connectivity index (χ0) is 16.7. The van der Waals surface area contributed by atoms with E-state index in [0.717, 1.165) is 0 Å². The number of ether oxygens (including phenoxy) is 1. The van der Waals surface area contributed by atoms with E-state index in [2.05, 4.69) is 10.6 Å². The molecular formula is C16H16N2O5. The number of Topliss-reactive ketones (excluding diaryl/α,β-unsaturated/α-hetero) is 1. The van der Waals surface area contributed by atoms with E-state index in [0.29, 0.717) is 17.1 Å². The van der Waals surface area contributed by atoms with Crippen molar-refractivity contribution in [3.05, 3.63) is 54.0 Å². The molecule has 1 aromatic carbocycles. The SMILES string of the molecule is CC(=O)c1ccc(OCC(=O)NC(=O)NCc2ccco2)cc1. The molecule has 0 aliphatic heterocycles. The van der Waals surface area contributed by atoms with Gasteiger partial charge < -0.3 is 14.5 Å². The van der Waals surface area contributed by atoms with Crippen LogP contribution in [0.3, 0.4) is 0 Å². The van der Waals surface area contributed by atoms with Crippen LogP contribution in [0.2, 0.25) is 0 Å². The van der Waals surface area contributed by atoms with E-state index >= 15 is 0 Å². The molecule has 0 aliphatic rings. The minimum Gasteiger partial charge on any atom is -0.484 e. The van der Waals surface area contributed by atoms with Gasteiger partial charge in [-0.2, -0.15) is 0 Å². The third-order valence-corrected chi connectivity index (χ3v) is 2.89. The van der Waals surface area contributed by atoms with E-state index in [1.54, 1.807) is 36.4 Å². The number of urea groups is 1. The summed E-state index contributed by atoms with van der Waals surface area (Å²) in [4.78, 5) is 34.2. The maximum Gasteiger partial charge on any atom is 0.321 e. The third kappa shape index (κ3) is 5.31. The topological polar surface area (TPSA) is 97.6 Å². The first-order valence-electron chi connectivity index (χ1n) is 6.88. The molecule has 7 nitrogen and oxygen atoms in total. The Bertz CT molecular complexity index is 677. The van der Waals surface area contributed by atoms with Crippen molar-refractivity contribution in [1.29, 1.82) is 0 Å². The summed E-state index contributed by atoms with van der Waals surface area (Å²) < 4.78 is 10.3. The van der Waals surface area contributed by atoms with Gasteiger partial charge in [-0.25, -0.2) is 4.79 Å². The number of carbonyl (C=O) groups is 3. The number of amides is 3. The van der Waals surface area contributed by atoms with Crippen LogP contribution in [0.5, 0.6) is 5.75 Å². The fourth-order valence-corrected chi connectivity index (χ4v) is 1.72. The Labute approximate surface area is 132 Å². The second-order valence-electron chi connectivity index (χ2n) is 4.68. The van der Waals surface area contributed by atoms with Crippen LogP contribution in [0.4, 0.5) is 4.79 Å². The van der Waals surface area contributed by atoms with Gasteiger partial charge in [0.15, 0.2) is 12.4 Å². The standard InChI is InChI=1S/C16H16N2O5/c1-11(19)12-4-6-13(7-5-12)23-10-15(20)18-16(21)17-9-14-3-2-8-22-14/h2-8H,9-10H2,1H3,(H2,17,18,20,21). The highest BCUT2D eigenvalue weighted by atomic mass is 16.5. The Hall–Kier alpha value is -3.09. The molecule has 2 N–H and O–H groups in total. The molecule has 2 rings (SSSR count). The number of nitrogens with one attached hydrogen (secondary N) is 2. The van der Waals surface area contributed by atoms with Gasteiger partial charge in [0, 0.05) is 5.56 Å². The summed E-state index contributed by atoms with van der Waals surface area (Å²) in [6.45, 7) is 1.33. The van der Waals surface area contributed by atoms with Crippen LogP contribution in [-0.4, -0.2) is 24.3 Å². The minimum absolute atomic E-state index is 0.0532. The Morgan fingerprint density at radius 2 is 1.87 bits per heavy atom. The van der Waals surface area contributed by atoms with Crippen LogP contribution >= 0.6 is 0 Å². The number of furan rings is 1. The Morgan fingerprint density at radius 3 is 2.48 bits per heavy atom. The van der Waals surface area contributed by atoms with Gasteiger partial charge in [0.1, 0.15) is 11.5 Å². The smallest absolute Gasteiger partial charge is 0.321 e. The summed E-state index contributed by atoms with van der Waals surface area (Å²) in [6, 6.07) is 9.14. The lowest BCUT2D eigenvalue weighted by Gasteiger charge is -2.07. The molecule has 0 saturated carbocycles. The monoisotopic (exact) mass is 316 g/mol. The third-order valence-electron chi connectivity index (χ3n) is 2.89. The maximum absolute atomic E-state index is 11.6. The Kier molecular flexibility index (Phi) is 5.51. The zero-order valence-corrected chi connectivity index (χ0v) is 12.5. The van der Waals surface area contributed by atoms with E-state index in [4.69, 9.17) is 9.15 Å². The van der Waals surface area contributed by atoms with Gasteiger partial charge in [0.05, 0.1) is 12.8 Å². The van der Waals surface area contributed by atoms with Crippen LogP contribution in [0.25, 0.3) is 0 Å². The summed E-state index contributed by atoms with van der Waals surface area (Å²) >= 11 is 0. The molecule has 23 heavy (non-hydrogen) atoms. The normalized spacial score (nSPS) is 9.96. The van der Waals surface area contributed by atoms with Gasteiger partial charge in [-0.1, -0.05) is 0 Å². The first kappa shape index (κ1) is 16.3. The number of carbonyl (C=O) groups excluding carboxylic acids is 3. The number of hydrogen-bond donors (Lipinski definition) is 2. The van der Waals surface area contributed by atoms with Crippen molar-refractivity contribution >= 4 is 17.7 Å². The highest BCUT2D eigenvalue weighted by Crippen LogP contribution is 2.12. The van der Waals surface area contributed by atoms with Crippen LogP contribution in [-0.2, 0) is 11.3 Å². The molecule has 0 saturated heterocycles. The maximum atomic E-state index is 11.6. The summed E-state index contributed by atoms with van der Waals surface area (Å²) in [5.41, 5.74) is 0.555. The zero-order valence-electron chi connectivity index (χ0n) is 12.5. The molecule has 3 amide bonds. The van der Waals surface area contributed by atoms with Crippen LogP contribution in [0.1, 0.15) is 23.0 Å². The van der Waals surface area contributed by atoms with Crippen LogP contribution in [0.15, 0.2) is 47.1 Å². The number of hydrogen-bond acceptors (Lipinski definition) is 5. The molecule has 7 heteroatoms.